The second-order valence-corrected chi connectivity index (χ2v) is 6.06. The van der Waals surface area contributed by atoms with E-state index in [1.165, 1.54) is 4.90 Å². The quantitative estimate of drug-likeness (QED) is 0.186. The van der Waals surface area contributed by atoms with Crippen molar-refractivity contribution in [3.8, 4) is 0 Å². The maximum Gasteiger partial charge on any atom is 0.451 e. The fourth-order valence-electron chi connectivity index (χ4n) is 2.51. The Morgan fingerprint density at radius 3 is 2.28 bits per heavy atom. The van der Waals surface area contributed by atoms with Crippen molar-refractivity contribution in [3.05, 3.63) is 0 Å². The third-order valence-corrected chi connectivity index (χ3v) is 3.75. The highest BCUT2D eigenvalue weighted by molar-refractivity contribution is 6.40. The molecule has 0 bridgehead atoms. The average molecular weight is 360 g/mol. The number of primary amides is 1. The summed E-state index contributed by atoms with van der Waals surface area (Å²) < 4.78 is 0. The van der Waals surface area contributed by atoms with Gasteiger partial charge in [-0.15, -0.1) is 0 Å². The predicted molar refractivity (Wildman–Crippen MR) is 92.0 cm³/mol. The summed E-state index contributed by atoms with van der Waals surface area (Å²) in [7, 11) is -1.45. The molecule has 9 N–H and O–H groups in total. The monoisotopic (exact) mass is 360 g/mol. The van der Waals surface area contributed by atoms with Crippen LogP contribution in [-0.2, 0) is 14.4 Å². The van der Waals surface area contributed by atoms with E-state index >= 15 is 0 Å². The molecule has 0 aliphatic rings. The van der Waals surface area contributed by atoms with Crippen LogP contribution in [0.2, 0.25) is 6.32 Å². The molecule has 0 aliphatic carbocycles. The molecule has 0 saturated heterocycles. The number of nitrogens with two attached hydrogens (primary N) is 3. The topological polar surface area (TPSA) is 193 Å². The van der Waals surface area contributed by atoms with Crippen molar-refractivity contribution >= 4 is 24.9 Å². The Labute approximate surface area is 147 Å². The first-order valence-corrected chi connectivity index (χ1v) is 8.28. The number of amides is 2. The zero-order valence-corrected chi connectivity index (χ0v) is 14.3. The van der Waals surface area contributed by atoms with Crippen molar-refractivity contribution in [1.29, 1.82) is 0 Å². The van der Waals surface area contributed by atoms with E-state index in [9.17, 15) is 14.4 Å². The van der Waals surface area contributed by atoms with Crippen LogP contribution in [0.15, 0.2) is 0 Å². The average Bonchev–Trinajstić information content (AvgIpc) is 2.50. The molecular formula is C14H29BN4O6. The highest BCUT2D eigenvalue weighted by Gasteiger charge is 2.25. The van der Waals surface area contributed by atoms with Gasteiger partial charge in [0.25, 0.3) is 0 Å². The summed E-state index contributed by atoms with van der Waals surface area (Å²) in [6.07, 6.45) is 0.875. The molecule has 11 heteroatoms. The Morgan fingerprint density at radius 2 is 1.80 bits per heavy atom. The van der Waals surface area contributed by atoms with Crippen LogP contribution < -0.4 is 17.2 Å². The largest absolute Gasteiger partial charge is 0.481 e. The molecule has 2 atom stereocenters. The number of hydrogen-bond donors (Lipinski definition) is 6. The van der Waals surface area contributed by atoms with Crippen LogP contribution >= 0.6 is 0 Å². The van der Waals surface area contributed by atoms with Gasteiger partial charge in [-0.2, -0.15) is 0 Å². The molecule has 10 nitrogen and oxygen atoms in total. The normalized spacial score (nSPS) is 13.1. The third kappa shape index (κ3) is 11.5. The molecule has 0 radical (unpaired) electrons. The summed E-state index contributed by atoms with van der Waals surface area (Å²) in [5, 5.41) is 26.8. The van der Waals surface area contributed by atoms with Gasteiger partial charge in [0.05, 0.1) is 6.04 Å². The smallest absolute Gasteiger partial charge is 0.451 e. The SMILES string of the molecule is NCCN(CC(CCCB(O)O)CC(=O)O)C(=O)[C@@H](N)CCC(N)=O. The van der Waals surface area contributed by atoms with Crippen LogP contribution in [0, 0.1) is 5.92 Å². The zero-order chi connectivity index (χ0) is 19.4. The standard InChI is InChI=1S/C14H29BN4O6/c16-6-7-19(14(23)11(17)3-4-12(18)20)9-10(8-13(21)22)2-1-5-15(24)25/h10-11,24-25H,1-9,16-17H2,(H2,18,20)(H,21,22)/t10?,11-/m0/s1. The van der Waals surface area contributed by atoms with Crippen LogP contribution in [0.25, 0.3) is 0 Å². The van der Waals surface area contributed by atoms with Crippen molar-refractivity contribution < 1.29 is 29.5 Å². The Hall–Kier alpha value is -1.69. The molecule has 0 saturated carbocycles. The predicted octanol–water partition coefficient (Wildman–Crippen LogP) is -2.29. The fraction of sp³-hybridized carbons (Fsp3) is 0.786. The van der Waals surface area contributed by atoms with Gasteiger partial charge in [0.15, 0.2) is 0 Å². The summed E-state index contributed by atoms with van der Waals surface area (Å²) in [6.45, 7) is 0.541. The van der Waals surface area contributed by atoms with Crippen LogP contribution in [-0.4, -0.2) is 70.6 Å². The number of rotatable bonds is 14. The maximum absolute atomic E-state index is 12.4. The molecule has 0 spiro atoms. The molecule has 0 fully saturated rings. The van der Waals surface area contributed by atoms with Crippen LogP contribution in [0.3, 0.4) is 0 Å². The van der Waals surface area contributed by atoms with E-state index in [4.69, 9.17) is 32.4 Å². The molecule has 1 unspecified atom stereocenters. The number of aliphatic carboxylic acids is 1. The number of carbonyl (C=O) groups excluding carboxylic acids is 2. The molecule has 25 heavy (non-hydrogen) atoms. The van der Waals surface area contributed by atoms with Crippen molar-refractivity contribution in [2.45, 2.75) is 44.5 Å². The Morgan fingerprint density at radius 1 is 1.16 bits per heavy atom. The summed E-state index contributed by atoms with van der Waals surface area (Å²) in [5.41, 5.74) is 16.4. The summed E-state index contributed by atoms with van der Waals surface area (Å²) >= 11 is 0. The van der Waals surface area contributed by atoms with Gasteiger partial charge in [-0.1, -0.05) is 6.42 Å². The third-order valence-electron chi connectivity index (χ3n) is 3.75. The number of carbonyl (C=O) groups is 3. The molecule has 0 aromatic rings. The minimum Gasteiger partial charge on any atom is -0.481 e. The van der Waals surface area contributed by atoms with E-state index in [0.717, 1.165) is 0 Å². The summed E-state index contributed by atoms with van der Waals surface area (Å²) in [5.74, 6) is -2.34. The maximum atomic E-state index is 12.4. The van der Waals surface area contributed by atoms with Gasteiger partial charge in [0.2, 0.25) is 11.8 Å². The molecule has 0 rings (SSSR count). The fourth-order valence-corrected chi connectivity index (χ4v) is 2.51. The van der Waals surface area contributed by atoms with Crippen LogP contribution in [0.1, 0.15) is 32.1 Å². The minimum atomic E-state index is -1.45. The highest BCUT2D eigenvalue weighted by Crippen LogP contribution is 2.16. The zero-order valence-electron chi connectivity index (χ0n) is 14.3. The van der Waals surface area contributed by atoms with Gasteiger partial charge < -0.3 is 37.3 Å². The van der Waals surface area contributed by atoms with Gasteiger partial charge in [-0.25, -0.2) is 0 Å². The van der Waals surface area contributed by atoms with E-state index in [-0.39, 0.29) is 51.1 Å². The first kappa shape index (κ1) is 23.3. The molecular weight excluding hydrogens is 331 g/mol. The Balaban J connectivity index is 4.83. The van der Waals surface area contributed by atoms with E-state index in [2.05, 4.69) is 0 Å². The second-order valence-electron chi connectivity index (χ2n) is 6.06. The van der Waals surface area contributed by atoms with Crippen molar-refractivity contribution in [3.63, 3.8) is 0 Å². The van der Waals surface area contributed by atoms with Crippen molar-refractivity contribution in [2.24, 2.45) is 23.1 Å². The highest BCUT2D eigenvalue weighted by atomic mass is 16.4. The Bertz CT molecular complexity index is 438. The van der Waals surface area contributed by atoms with Gasteiger partial charge >= 0.3 is 13.1 Å². The van der Waals surface area contributed by atoms with Crippen molar-refractivity contribution in [2.75, 3.05) is 19.6 Å². The van der Waals surface area contributed by atoms with Crippen molar-refractivity contribution in [1.82, 2.24) is 4.90 Å². The van der Waals surface area contributed by atoms with Gasteiger partial charge in [0, 0.05) is 32.5 Å². The number of carboxylic acids is 1. The number of hydrogen-bond acceptors (Lipinski definition) is 7. The molecule has 2 amide bonds. The molecule has 0 aliphatic heterocycles. The lowest BCUT2D eigenvalue weighted by atomic mass is 9.81. The lowest BCUT2D eigenvalue weighted by Crippen LogP contribution is -2.48. The van der Waals surface area contributed by atoms with E-state index in [0.29, 0.717) is 12.8 Å². The van der Waals surface area contributed by atoms with E-state index in [1.54, 1.807) is 0 Å². The summed E-state index contributed by atoms with van der Waals surface area (Å²) in [6, 6.07) is -0.913. The molecule has 144 valence electrons. The summed E-state index contributed by atoms with van der Waals surface area (Å²) in [4.78, 5) is 35.6. The Kier molecular flexibility index (Phi) is 11.8. The van der Waals surface area contributed by atoms with Gasteiger partial charge in [-0.05, 0) is 25.1 Å². The molecule has 0 heterocycles. The van der Waals surface area contributed by atoms with E-state index < -0.39 is 30.9 Å². The first-order valence-electron chi connectivity index (χ1n) is 8.28. The lowest BCUT2D eigenvalue weighted by molar-refractivity contribution is -0.140. The second kappa shape index (κ2) is 12.6. The van der Waals surface area contributed by atoms with Crippen LogP contribution in [0.4, 0.5) is 0 Å². The number of nitrogens with zero attached hydrogens (tertiary/aromatic N) is 1. The molecule has 0 aromatic carbocycles. The van der Waals surface area contributed by atoms with E-state index in [1.807, 2.05) is 0 Å². The molecule has 0 aromatic heterocycles. The van der Waals surface area contributed by atoms with Crippen LogP contribution in [0.5, 0.6) is 0 Å². The van der Waals surface area contributed by atoms with Gasteiger partial charge in [0.1, 0.15) is 0 Å². The first-order chi connectivity index (χ1) is 11.7. The van der Waals surface area contributed by atoms with Gasteiger partial charge in [-0.3, -0.25) is 14.4 Å². The lowest BCUT2D eigenvalue weighted by Gasteiger charge is -2.29. The minimum absolute atomic E-state index is 0.0175. The number of carboxylic acid groups (broad SMARTS) is 1.